The van der Waals surface area contributed by atoms with Gasteiger partial charge in [0.15, 0.2) is 0 Å². The molecule has 3 amide bonds. The quantitative estimate of drug-likeness (QED) is 0.291. The van der Waals surface area contributed by atoms with E-state index >= 15 is 0 Å². The summed E-state index contributed by atoms with van der Waals surface area (Å²) >= 11 is 0. The third-order valence-electron chi connectivity index (χ3n) is 6.24. The lowest BCUT2D eigenvalue weighted by Crippen LogP contribution is -2.47. The number of nitrogens with zero attached hydrogens (tertiary/aromatic N) is 1. The van der Waals surface area contributed by atoms with Crippen LogP contribution < -0.4 is 15.4 Å². The Morgan fingerprint density at radius 2 is 1.62 bits per heavy atom. The minimum absolute atomic E-state index is 0.277. The number of carbonyl (C=O) groups is 3. The summed E-state index contributed by atoms with van der Waals surface area (Å²) in [7, 11) is 1.58. The summed E-state index contributed by atoms with van der Waals surface area (Å²) in [6, 6.07) is 12.0. The number of anilines is 1. The molecule has 2 rings (SSSR count). The number of aryl methyl sites for hydroxylation is 2. The molecular formula is C31H45N3O5. The number of alkyl carbamates (subject to hydrolysis) is 1. The van der Waals surface area contributed by atoms with E-state index in [4.69, 9.17) is 9.47 Å². The van der Waals surface area contributed by atoms with Crippen molar-refractivity contribution in [3.05, 3.63) is 59.2 Å². The van der Waals surface area contributed by atoms with Crippen LogP contribution in [0, 0.1) is 13.8 Å². The van der Waals surface area contributed by atoms with Gasteiger partial charge in [0.2, 0.25) is 5.91 Å². The lowest BCUT2D eigenvalue weighted by molar-refractivity contribution is -0.138. The molecule has 0 saturated heterocycles. The van der Waals surface area contributed by atoms with Gasteiger partial charge in [0.1, 0.15) is 23.9 Å². The van der Waals surface area contributed by atoms with Crippen molar-refractivity contribution < 1.29 is 23.9 Å². The first-order valence-electron chi connectivity index (χ1n) is 13.7. The molecule has 8 heteroatoms. The Hall–Kier alpha value is -3.55. The van der Waals surface area contributed by atoms with Crippen molar-refractivity contribution in [2.24, 2.45) is 0 Å². The predicted octanol–water partition coefficient (Wildman–Crippen LogP) is 6.32. The van der Waals surface area contributed by atoms with Crippen LogP contribution in [-0.2, 0) is 14.3 Å². The number of rotatable bonds is 13. The van der Waals surface area contributed by atoms with Gasteiger partial charge in [-0.2, -0.15) is 0 Å². The Bertz CT molecular complexity index is 1090. The Morgan fingerprint density at radius 1 is 0.949 bits per heavy atom. The highest BCUT2D eigenvalue weighted by Gasteiger charge is 2.32. The van der Waals surface area contributed by atoms with Crippen LogP contribution in [0.5, 0.6) is 5.75 Å². The molecule has 0 radical (unpaired) electrons. The summed E-state index contributed by atoms with van der Waals surface area (Å²) in [5, 5.41) is 5.54. The Labute approximate surface area is 233 Å². The van der Waals surface area contributed by atoms with E-state index in [9.17, 15) is 14.4 Å². The van der Waals surface area contributed by atoms with Crippen LogP contribution in [0.1, 0.15) is 82.5 Å². The number of methoxy groups -OCH3 is 1. The van der Waals surface area contributed by atoms with Gasteiger partial charge in [-0.3, -0.25) is 9.59 Å². The summed E-state index contributed by atoms with van der Waals surface area (Å²) in [6.07, 6.45) is 4.29. The minimum Gasteiger partial charge on any atom is -0.497 e. The molecule has 0 heterocycles. The standard InChI is InChI=1S/C31H45N3O5/c1-8-9-10-11-12-19-34(27(35)21-32-30(37)39-31(4,5)6)28(26-18-13-22(2)20-23(26)3)29(36)33-24-14-16-25(38-7)17-15-24/h13-18,20,28H,8-12,19,21H2,1-7H3,(H,32,37)(H,33,36). The molecule has 0 aliphatic heterocycles. The van der Waals surface area contributed by atoms with E-state index in [-0.39, 0.29) is 18.4 Å². The van der Waals surface area contributed by atoms with Crippen molar-refractivity contribution in [2.75, 3.05) is 25.5 Å². The van der Waals surface area contributed by atoms with Crippen molar-refractivity contribution in [3.63, 3.8) is 0 Å². The molecule has 0 spiro atoms. The van der Waals surface area contributed by atoms with Crippen LogP contribution in [-0.4, -0.2) is 48.6 Å². The Kier molecular flexibility index (Phi) is 12.3. The van der Waals surface area contributed by atoms with Crippen molar-refractivity contribution in [3.8, 4) is 5.75 Å². The maximum Gasteiger partial charge on any atom is 0.408 e. The van der Waals surface area contributed by atoms with E-state index in [1.54, 1.807) is 57.0 Å². The van der Waals surface area contributed by atoms with Gasteiger partial charge >= 0.3 is 6.09 Å². The van der Waals surface area contributed by atoms with Crippen molar-refractivity contribution in [1.82, 2.24) is 10.2 Å². The number of hydrogen-bond acceptors (Lipinski definition) is 5. The topological polar surface area (TPSA) is 97.0 Å². The van der Waals surface area contributed by atoms with E-state index in [1.165, 1.54) is 0 Å². The number of benzene rings is 2. The molecule has 2 N–H and O–H groups in total. The summed E-state index contributed by atoms with van der Waals surface area (Å²) in [5.41, 5.74) is 2.62. The fraction of sp³-hybridized carbons (Fsp3) is 0.516. The highest BCUT2D eigenvalue weighted by Crippen LogP contribution is 2.28. The molecular weight excluding hydrogens is 494 g/mol. The van der Waals surface area contributed by atoms with Gasteiger partial charge in [0.05, 0.1) is 7.11 Å². The van der Waals surface area contributed by atoms with Gasteiger partial charge in [-0.15, -0.1) is 0 Å². The fourth-order valence-electron chi connectivity index (χ4n) is 4.32. The third-order valence-corrected chi connectivity index (χ3v) is 6.24. The van der Waals surface area contributed by atoms with Gasteiger partial charge in [0, 0.05) is 12.2 Å². The van der Waals surface area contributed by atoms with Crippen LogP contribution in [0.3, 0.4) is 0 Å². The van der Waals surface area contributed by atoms with Crippen LogP contribution in [0.2, 0.25) is 0 Å². The van der Waals surface area contributed by atoms with Crippen LogP contribution >= 0.6 is 0 Å². The molecule has 214 valence electrons. The van der Waals surface area contributed by atoms with Gasteiger partial charge in [-0.05, 0) is 76.4 Å². The second kappa shape index (κ2) is 15.1. The molecule has 2 aromatic rings. The molecule has 0 bridgehead atoms. The van der Waals surface area contributed by atoms with E-state index in [0.29, 0.717) is 18.0 Å². The van der Waals surface area contributed by atoms with Crippen molar-refractivity contribution in [2.45, 2.75) is 85.3 Å². The molecule has 0 aromatic heterocycles. The zero-order valence-corrected chi connectivity index (χ0v) is 24.6. The summed E-state index contributed by atoms with van der Waals surface area (Å²) in [5.74, 6) is -0.00599. The number of hydrogen-bond donors (Lipinski definition) is 2. The van der Waals surface area contributed by atoms with Gasteiger partial charge in [0.25, 0.3) is 5.91 Å². The molecule has 0 fully saturated rings. The SMILES string of the molecule is CCCCCCCN(C(=O)CNC(=O)OC(C)(C)C)C(C(=O)Nc1ccc(OC)cc1)c1ccc(C)cc1C. The van der Waals surface area contributed by atoms with Crippen molar-refractivity contribution >= 4 is 23.6 Å². The second-order valence-corrected chi connectivity index (χ2v) is 10.8. The number of carbonyl (C=O) groups excluding carboxylic acids is 3. The monoisotopic (exact) mass is 539 g/mol. The highest BCUT2D eigenvalue weighted by molar-refractivity contribution is 5.98. The first-order valence-corrected chi connectivity index (χ1v) is 13.7. The van der Waals surface area contributed by atoms with Crippen LogP contribution in [0.25, 0.3) is 0 Å². The molecule has 0 aliphatic carbocycles. The average molecular weight is 540 g/mol. The highest BCUT2D eigenvalue weighted by atomic mass is 16.6. The fourth-order valence-corrected chi connectivity index (χ4v) is 4.32. The summed E-state index contributed by atoms with van der Waals surface area (Å²) in [4.78, 5) is 41.4. The Balaban J connectivity index is 2.39. The summed E-state index contributed by atoms with van der Waals surface area (Å²) < 4.78 is 10.5. The van der Waals surface area contributed by atoms with E-state index in [1.807, 2.05) is 32.0 Å². The zero-order chi connectivity index (χ0) is 29.0. The largest absolute Gasteiger partial charge is 0.497 e. The normalized spacial score (nSPS) is 11.9. The van der Waals surface area contributed by atoms with E-state index in [2.05, 4.69) is 17.6 Å². The lowest BCUT2D eigenvalue weighted by atomic mass is 9.96. The number of amides is 3. The number of nitrogens with one attached hydrogen (secondary N) is 2. The average Bonchev–Trinajstić information content (AvgIpc) is 2.86. The van der Waals surface area contributed by atoms with Gasteiger partial charge < -0.3 is 25.0 Å². The number of ether oxygens (including phenoxy) is 2. The lowest BCUT2D eigenvalue weighted by Gasteiger charge is -2.33. The number of unbranched alkanes of at least 4 members (excludes halogenated alkanes) is 4. The van der Waals surface area contributed by atoms with Gasteiger partial charge in [-0.1, -0.05) is 56.4 Å². The molecule has 8 nitrogen and oxygen atoms in total. The minimum atomic E-state index is -0.883. The van der Waals surface area contributed by atoms with E-state index < -0.39 is 17.7 Å². The summed E-state index contributed by atoms with van der Waals surface area (Å²) in [6.45, 7) is 11.5. The molecule has 2 aromatic carbocycles. The molecule has 0 saturated carbocycles. The van der Waals surface area contributed by atoms with Crippen LogP contribution in [0.4, 0.5) is 10.5 Å². The second-order valence-electron chi connectivity index (χ2n) is 10.8. The maximum absolute atomic E-state index is 13.9. The molecule has 0 aliphatic rings. The molecule has 1 unspecified atom stereocenters. The third kappa shape index (κ3) is 10.6. The first kappa shape index (κ1) is 31.7. The van der Waals surface area contributed by atoms with Gasteiger partial charge in [-0.25, -0.2) is 4.79 Å². The Morgan fingerprint density at radius 3 is 2.21 bits per heavy atom. The molecule has 39 heavy (non-hydrogen) atoms. The molecule has 1 atom stereocenters. The smallest absolute Gasteiger partial charge is 0.408 e. The maximum atomic E-state index is 13.9. The van der Waals surface area contributed by atoms with E-state index in [0.717, 1.165) is 48.8 Å². The first-order chi connectivity index (χ1) is 18.4. The predicted molar refractivity (Wildman–Crippen MR) is 155 cm³/mol. The van der Waals surface area contributed by atoms with Crippen LogP contribution in [0.15, 0.2) is 42.5 Å². The van der Waals surface area contributed by atoms with Crippen molar-refractivity contribution in [1.29, 1.82) is 0 Å². The zero-order valence-electron chi connectivity index (χ0n) is 24.6.